The molecule has 0 rings (SSSR count). The first kappa shape index (κ1) is 21.2. The summed E-state index contributed by atoms with van der Waals surface area (Å²) in [5, 5.41) is 29.6. The van der Waals surface area contributed by atoms with Crippen molar-refractivity contribution in [2.24, 2.45) is 5.73 Å². The summed E-state index contributed by atoms with van der Waals surface area (Å²) in [6.45, 7) is 3.03. The quantitative estimate of drug-likeness (QED) is 0.331. The van der Waals surface area contributed by atoms with Gasteiger partial charge in [0.25, 0.3) is 0 Å². The Bertz CT molecular complexity index is 224. The van der Waals surface area contributed by atoms with Crippen LogP contribution in [-0.2, 0) is 19.2 Å². The molecule has 9 heteroatoms. The van der Waals surface area contributed by atoms with Crippen LogP contribution in [0.25, 0.3) is 0 Å². The van der Waals surface area contributed by atoms with Gasteiger partial charge in [-0.15, -0.1) is 0 Å². The van der Waals surface area contributed by atoms with Crippen LogP contribution in [-0.4, -0.2) is 50.8 Å². The van der Waals surface area contributed by atoms with Gasteiger partial charge in [0.05, 0.1) is 0 Å². The molecule has 6 N–H and O–H groups in total. The van der Waals surface area contributed by atoms with Crippen molar-refractivity contribution in [2.45, 2.75) is 26.2 Å². The lowest BCUT2D eigenvalue weighted by Crippen LogP contribution is -2.09. The van der Waals surface area contributed by atoms with Gasteiger partial charge >= 0.3 is 23.9 Å². The maximum Gasteiger partial charge on any atom is 0.414 e. The third kappa shape index (κ3) is 29.2. The SMILES string of the molecule is CCCCCN.O=C(O)C(=O)O.O=C(O)C(=O)O. The highest BCUT2D eigenvalue weighted by Gasteiger charge is 2.04. The summed E-state index contributed by atoms with van der Waals surface area (Å²) in [6, 6.07) is 0. The molecule has 0 saturated carbocycles. The summed E-state index contributed by atoms with van der Waals surface area (Å²) >= 11 is 0. The van der Waals surface area contributed by atoms with E-state index in [1.807, 2.05) is 0 Å². The van der Waals surface area contributed by atoms with E-state index < -0.39 is 23.9 Å². The number of nitrogens with two attached hydrogens (primary N) is 1. The summed E-state index contributed by atoms with van der Waals surface area (Å²) in [7, 11) is 0. The fourth-order valence-electron chi connectivity index (χ4n) is 0.394. The lowest BCUT2D eigenvalue weighted by atomic mass is 10.3. The van der Waals surface area contributed by atoms with E-state index in [1.165, 1.54) is 19.3 Å². The van der Waals surface area contributed by atoms with Gasteiger partial charge in [-0.25, -0.2) is 19.2 Å². The number of carbonyl (C=O) groups is 4. The van der Waals surface area contributed by atoms with Crippen LogP contribution >= 0.6 is 0 Å². The highest BCUT2D eigenvalue weighted by Crippen LogP contribution is 1.88. The number of carboxylic acids is 4. The number of unbranched alkanes of at least 4 members (excludes halogenated alkanes) is 2. The third-order valence-electron chi connectivity index (χ3n) is 1.17. The Labute approximate surface area is 103 Å². The van der Waals surface area contributed by atoms with E-state index in [1.54, 1.807) is 0 Å². The molecule has 0 fully saturated rings. The van der Waals surface area contributed by atoms with Gasteiger partial charge in [-0.2, -0.15) is 0 Å². The molecule has 0 aromatic rings. The highest BCUT2D eigenvalue weighted by molar-refractivity contribution is 6.27. The first-order chi connectivity index (χ1) is 8.20. The fraction of sp³-hybridized carbons (Fsp3) is 0.556. The lowest BCUT2D eigenvalue weighted by molar-refractivity contribution is -0.159. The molecule has 0 aliphatic heterocycles. The minimum absolute atomic E-state index is 0.855. The summed E-state index contributed by atoms with van der Waals surface area (Å²) in [5.41, 5.74) is 5.21. The molecule has 0 radical (unpaired) electrons. The average molecular weight is 267 g/mol. The molecule has 0 heterocycles. The first-order valence-electron chi connectivity index (χ1n) is 4.83. The number of carboxylic acid groups (broad SMARTS) is 4. The molecule has 18 heavy (non-hydrogen) atoms. The Balaban J connectivity index is -0.000000187. The molecular formula is C9H17NO8. The Morgan fingerprint density at radius 2 is 1.06 bits per heavy atom. The molecule has 0 bridgehead atoms. The van der Waals surface area contributed by atoms with Gasteiger partial charge in [0.2, 0.25) is 0 Å². The minimum atomic E-state index is -1.82. The molecule has 0 aromatic heterocycles. The second-order valence-corrected chi connectivity index (χ2v) is 2.72. The van der Waals surface area contributed by atoms with Gasteiger partial charge in [-0.1, -0.05) is 19.8 Å². The van der Waals surface area contributed by atoms with E-state index in [2.05, 4.69) is 6.92 Å². The Kier molecular flexibility index (Phi) is 17.4. The Morgan fingerprint density at radius 3 is 1.11 bits per heavy atom. The second-order valence-electron chi connectivity index (χ2n) is 2.72. The summed E-state index contributed by atoms with van der Waals surface area (Å²) in [6.07, 6.45) is 3.75. The van der Waals surface area contributed by atoms with Gasteiger partial charge < -0.3 is 26.2 Å². The molecule has 0 aromatic carbocycles. The minimum Gasteiger partial charge on any atom is -0.473 e. The van der Waals surface area contributed by atoms with Crippen LogP contribution in [0.1, 0.15) is 26.2 Å². The van der Waals surface area contributed by atoms with Crippen LogP contribution in [0.5, 0.6) is 0 Å². The standard InChI is InChI=1S/C5H13N.2C2H2O4/c1-2-3-4-5-6;2*3-1(4)2(5)6/h2-6H2,1H3;2*(H,3,4)(H,5,6). The molecule has 0 aliphatic carbocycles. The molecular weight excluding hydrogens is 250 g/mol. The topological polar surface area (TPSA) is 175 Å². The molecule has 0 saturated heterocycles. The third-order valence-corrected chi connectivity index (χ3v) is 1.17. The van der Waals surface area contributed by atoms with Crippen LogP contribution in [0, 0.1) is 0 Å². The van der Waals surface area contributed by atoms with Crippen LogP contribution in [0.4, 0.5) is 0 Å². The molecule has 0 amide bonds. The zero-order chi connectivity index (χ0) is 15.1. The lowest BCUT2D eigenvalue weighted by Gasteiger charge is -1.86. The molecule has 0 atom stereocenters. The van der Waals surface area contributed by atoms with Crippen molar-refractivity contribution in [3.05, 3.63) is 0 Å². The van der Waals surface area contributed by atoms with Gasteiger partial charge in [0.1, 0.15) is 0 Å². The van der Waals surface area contributed by atoms with E-state index >= 15 is 0 Å². The molecule has 9 nitrogen and oxygen atoms in total. The number of hydrogen-bond acceptors (Lipinski definition) is 5. The molecule has 0 unspecified atom stereocenters. The predicted octanol–water partition coefficient (Wildman–Crippen LogP) is -0.553. The maximum absolute atomic E-state index is 9.10. The number of rotatable bonds is 3. The van der Waals surface area contributed by atoms with Gasteiger partial charge in [-0.05, 0) is 13.0 Å². The number of aliphatic carboxylic acids is 4. The zero-order valence-electron chi connectivity index (χ0n) is 9.83. The largest absolute Gasteiger partial charge is 0.473 e. The highest BCUT2D eigenvalue weighted by atomic mass is 16.4. The predicted molar refractivity (Wildman–Crippen MR) is 59.1 cm³/mol. The van der Waals surface area contributed by atoms with Crippen LogP contribution in [0.3, 0.4) is 0 Å². The van der Waals surface area contributed by atoms with Crippen molar-refractivity contribution in [1.82, 2.24) is 0 Å². The van der Waals surface area contributed by atoms with E-state index in [9.17, 15) is 0 Å². The van der Waals surface area contributed by atoms with Crippen molar-refractivity contribution in [2.75, 3.05) is 6.54 Å². The summed E-state index contributed by atoms with van der Waals surface area (Å²) in [4.78, 5) is 36.4. The zero-order valence-corrected chi connectivity index (χ0v) is 9.83. The smallest absolute Gasteiger partial charge is 0.414 e. The van der Waals surface area contributed by atoms with Crippen molar-refractivity contribution in [3.8, 4) is 0 Å². The first-order valence-corrected chi connectivity index (χ1v) is 4.83. The fourth-order valence-corrected chi connectivity index (χ4v) is 0.394. The number of hydrogen-bond donors (Lipinski definition) is 5. The van der Waals surface area contributed by atoms with E-state index in [-0.39, 0.29) is 0 Å². The Hall–Kier alpha value is -2.16. The van der Waals surface area contributed by atoms with E-state index in [4.69, 9.17) is 45.3 Å². The van der Waals surface area contributed by atoms with E-state index in [0.717, 1.165) is 6.54 Å². The second kappa shape index (κ2) is 14.8. The molecule has 106 valence electrons. The van der Waals surface area contributed by atoms with E-state index in [0.29, 0.717) is 0 Å². The van der Waals surface area contributed by atoms with Crippen LogP contribution in [0.15, 0.2) is 0 Å². The van der Waals surface area contributed by atoms with Gasteiger partial charge in [-0.3, -0.25) is 0 Å². The summed E-state index contributed by atoms with van der Waals surface area (Å²) < 4.78 is 0. The van der Waals surface area contributed by atoms with Crippen molar-refractivity contribution >= 4 is 23.9 Å². The van der Waals surface area contributed by atoms with Crippen LogP contribution < -0.4 is 5.73 Å². The van der Waals surface area contributed by atoms with Crippen molar-refractivity contribution in [3.63, 3.8) is 0 Å². The maximum atomic E-state index is 9.10. The normalized spacial score (nSPS) is 7.89. The molecule has 0 aliphatic rings. The monoisotopic (exact) mass is 267 g/mol. The van der Waals surface area contributed by atoms with Crippen molar-refractivity contribution < 1.29 is 39.6 Å². The summed E-state index contributed by atoms with van der Waals surface area (Å²) in [5.74, 6) is -7.30. The van der Waals surface area contributed by atoms with Crippen LogP contribution in [0.2, 0.25) is 0 Å². The Morgan fingerprint density at radius 1 is 0.778 bits per heavy atom. The molecule has 0 spiro atoms. The van der Waals surface area contributed by atoms with Gasteiger partial charge in [0, 0.05) is 0 Å². The average Bonchev–Trinajstić information content (AvgIpc) is 2.27. The van der Waals surface area contributed by atoms with Crippen molar-refractivity contribution in [1.29, 1.82) is 0 Å². The van der Waals surface area contributed by atoms with Gasteiger partial charge in [0.15, 0.2) is 0 Å².